The fraction of sp³-hybridized carbons (Fsp3) is 0.500. The molecule has 1 amide bonds. The Morgan fingerprint density at radius 3 is 2.57 bits per heavy atom. The fourth-order valence-electron chi connectivity index (χ4n) is 2.20. The molecule has 114 valence electrons. The monoisotopic (exact) mass is 352 g/mol. The van der Waals surface area contributed by atoms with Crippen molar-refractivity contribution in [3.05, 3.63) is 28.7 Å². The van der Waals surface area contributed by atoms with Crippen molar-refractivity contribution >= 4 is 27.5 Å². The molecule has 1 aliphatic carbocycles. The molecule has 1 atom stereocenters. The number of nitrogens with one attached hydrogen (secondary N) is 1. The van der Waals surface area contributed by atoms with Gasteiger partial charge in [0.15, 0.2) is 6.10 Å². The summed E-state index contributed by atoms with van der Waals surface area (Å²) in [6.07, 6.45) is 3.68. The highest BCUT2D eigenvalue weighted by Gasteiger charge is 2.16. The predicted octanol–water partition coefficient (Wildman–Crippen LogP) is 3.90. The van der Waals surface area contributed by atoms with Gasteiger partial charge in [-0.1, -0.05) is 22.9 Å². The molecule has 2 rings (SSSR count). The lowest BCUT2D eigenvalue weighted by Gasteiger charge is -2.19. The van der Waals surface area contributed by atoms with Crippen molar-refractivity contribution in [1.82, 2.24) is 5.43 Å². The van der Waals surface area contributed by atoms with E-state index < -0.39 is 6.10 Å². The summed E-state index contributed by atoms with van der Waals surface area (Å²) in [6.45, 7) is 3.98. The standard InChI is InChI=1S/C16H21BrN2O2/c1-11-3-7-14(8-4-11)18-19-16(20)12(2)21-15-9-5-13(17)6-10-15/h5-6,9-12H,3-4,7-8H2,1-2H3,(H,19,20). The molecule has 0 aliphatic heterocycles. The van der Waals surface area contributed by atoms with Crippen molar-refractivity contribution in [2.45, 2.75) is 45.6 Å². The second-order valence-electron chi connectivity index (χ2n) is 5.55. The van der Waals surface area contributed by atoms with Crippen molar-refractivity contribution in [3.8, 4) is 5.75 Å². The van der Waals surface area contributed by atoms with Crippen molar-refractivity contribution in [3.63, 3.8) is 0 Å². The maximum Gasteiger partial charge on any atom is 0.280 e. The SMILES string of the molecule is CC1CCC(=NNC(=O)C(C)Oc2ccc(Br)cc2)CC1. The molecule has 0 bridgehead atoms. The third-order valence-electron chi connectivity index (χ3n) is 3.67. The van der Waals surface area contributed by atoms with E-state index >= 15 is 0 Å². The van der Waals surface area contributed by atoms with Crippen LogP contribution in [0.1, 0.15) is 39.5 Å². The Balaban J connectivity index is 1.82. The Hall–Kier alpha value is -1.36. The van der Waals surface area contributed by atoms with E-state index in [4.69, 9.17) is 4.74 Å². The molecule has 5 heteroatoms. The zero-order valence-electron chi connectivity index (χ0n) is 12.4. The summed E-state index contributed by atoms with van der Waals surface area (Å²) < 4.78 is 6.56. The van der Waals surface area contributed by atoms with Crippen LogP contribution in [-0.2, 0) is 4.79 Å². The number of rotatable bonds is 4. The first-order valence-electron chi connectivity index (χ1n) is 7.32. The third-order valence-corrected chi connectivity index (χ3v) is 4.20. The van der Waals surface area contributed by atoms with Gasteiger partial charge in [0.25, 0.3) is 5.91 Å². The fourth-order valence-corrected chi connectivity index (χ4v) is 2.47. The topological polar surface area (TPSA) is 50.7 Å². The molecule has 1 fully saturated rings. The van der Waals surface area contributed by atoms with E-state index in [0.717, 1.165) is 41.8 Å². The third kappa shape index (κ3) is 5.16. The molecule has 1 saturated carbocycles. The van der Waals surface area contributed by atoms with Gasteiger partial charge in [-0.2, -0.15) is 5.10 Å². The first kappa shape index (κ1) is 16.0. The van der Waals surface area contributed by atoms with Crippen molar-refractivity contribution in [1.29, 1.82) is 0 Å². The predicted molar refractivity (Wildman–Crippen MR) is 87.4 cm³/mol. The van der Waals surface area contributed by atoms with Gasteiger partial charge in [0.1, 0.15) is 5.75 Å². The number of benzene rings is 1. The number of amides is 1. The average molecular weight is 353 g/mol. The molecular formula is C16H21BrN2O2. The number of hydrogen-bond donors (Lipinski definition) is 1. The van der Waals surface area contributed by atoms with Crippen molar-refractivity contribution in [2.24, 2.45) is 11.0 Å². The molecule has 1 aliphatic rings. The van der Waals surface area contributed by atoms with Gasteiger partial charge in [0, 0.05) is 10.2 Å². The Morgan fingerprint density at radius 2 is 1.95 bits per heavy atom. The van der Waals surface area contributed by atoms with E-state index in [1.165, 1.54) is 0 Å². The molecule has 1 unspecified atom stereocenters. The largest absolute Gasteiger partial charge is 0.481 e. The van der Waals surface area contributed by atoms with Crippen LogP contribution < -0.4 is 10.2 Å². The van der Waals surface area contributed by atoms with E-state index in [9.17, 15) is 4.79 Å². The summed E-state index contributed by atoms with van der Waals surface area (Å²) in [5.74, 6) is 1.21. The van der Waals surface area contributed by atoms with Gasteiger partial charge in [-0.05, 0) is 62.8 Å². The summed E-state index contributed by atoms with van der Waals surface area (Å²) in [7, 11) is 0. The van der Waals surface area contributed by atoms with Gasteiger partial charge >= 0.3 is 0 Å². The second-order valence-corrected chi connectivity index (χ2v) is 6.47. The number of hydrogen-bond acceptors (Lipinski definition) is 3. The van der Waals surface area contributed by atoms with Gasteiger partial charge in [0.2, 0.25) is 0 Å². The highest BCUT2D eigenvalue weighted by Crippen LogP contribution is 2.21. The Bertz CT molecular complexity index is 504. The molecule has 0 spiro atoms. The lowest BCUT2D eigenvalue weighted by atomic mass is 9.90. The summed E-state index contributed by atoms with van der Waals surface area (Å²) in [5, 5.41) is 4.22. The molecule has 4 nitrogen and oxygen atoms in total. The molecule has 0 heterocycles. The summed E-state index contributed by atoms with van der Waals surface area (Å²) in [6, 6.07) is 7.40. The number of nitrogens with zero attached hydrogens (tertiary/aromatic N) is 1. The van der Waals surface area contributed by atoms with Crippen LogP contribution in [-0.4, -0.2) is 17.7 Å². The van der Waals surface area contributed by atoms with Gasteiger partial charge in [-0.15, -0.1) is 0 Å². The van der Waals surface area contributed by atoms with E-state index in [1.54, 1.807) is 6.92 Å². The first-order valence-corrected chi connectivity index (χ1v) is 8.11. The number of carbonyl (C=O) groups is 1. The summed E-state index contributed by atoms with van der Waals surface area (Å²) >= 11 is 3.36. The van der Waals surface area contributed by atoms with Gasteiger partial charge in [0.05, 0.1) is 0 Å². The molecule has 21 heavy (non-hydrogen) atoms. The first-order chi connectivity index (χ1) is 10.0. The molecule has 0 aromatic heterocycles. The molecular weight excluding hydrogens is 332 g/mol. The summed E-state index contributed by atoms with van der Waals surface area (Å²) in [4.78, 5) is 12.0. The van der Waals surface area contributed by atoms with Crippen LogP contribution in [0.3, 0.4) is 0 Å². The van der Waals surface area contributed by atoms with Crippen LogP contribution in [0.25, 0.3) is 0 Å². The van der Waals surface area contributed by atoms with Crippen LogP contribution in [0.4, 0.5) is 0 Å². The number of hydrazone groups is 1. The Morgan fingerprint density at radius 1 is 1.33 bits per heavy atom. The van der Waals surface area contributed by atoms with E-state index in [2.05, 4.69) is 33.4 Å². The molecule has 1 aromatic carbocycles. The normalized spacial score (nSPS) is 19.8. The average Bonchev–Trinajstić information content (AvgIpc) is 2.48. The molecule has 1 N–H and O–H groups in total. The minimum atomic E-state index is -0.571. The van der Waals surface area contributed by atoms with Gasteiger partial charge in [-0.25, -0.2) is 5.43 Å². The Labute approximate surface area is 134 Å². The van der Waals surface area contributed by atoms with Crippen LogP contribution in [0.2, 0.25) is 0 Å². The number of ether oxygens (including phenoxy) is 1. The van der Waals surface area contributed by atoms with Gasteiger partial charge in [-0.3, -0.25) is 4.79 Å². The molecule has 0 saturated heterocycles. The maximum absolute atomic E-state index is 12.0. The van der Waals surface area contributed by atoms with Gasteiger partial charge < -0.3 is 4.74 Å². The zero-order valence-corrected chi connectivity index (χ0v) is 14.0. The Kier molecular flexibility index (Phi) is 5.79. The summed E-state index contributed by atoms with van der Waals surface area (Å²) in [5.41, 5.74) is 3.69. The minimum absolute atomic E-state index is 0.218. The van der Waals surface area contributed by atoms with E-state index in [1.807, 2.05) is 24.3 Å². The van der Waals surface area contributed by atoms with Crippen LogP contribution >= 0.6 is 15.9 Å². The van der Waals surface area contributed by atoms with Crippen molar-refractivity contribution in [2.75, 3.05) is 0 Å². The second kappa shape index (κ2) is 7.59. The quantitative estimate of drug-likeness (QED) is 0.835. The van der Waals surface area contributed by atoms with Crippen LogP contribution in [0, 0.1) is 5.92 Å². The highest BCUT2D eigenvalue weighted by molar-refractivity contribution is 9.10. The van der Waals surface area contributed by atoms with E-state index in [-0.39, 0.29) is 5.91 Å². The highest BCUT2D eigenvalue weighted by atomic mass is 79.9. The van der Waals surface area contributed by atoms with Crippen LogP contribution in [0.15, 0.2) is 33.8 Å². The van der Waals surface area contributed by atoms with Crippen LogP contribution in [0.5, 0.6) is 5.75 Å². The number of halogens is 1. The lowest BCUT2D eigenvalue weighted by molar-refractivity contribution is -0.127. The maximum atomic E-state index is 12.0. The minimum Gasteiger partial charge on any atom is -0.481 e. The molecule has 1 aromatic rings. The lowest BCUT2D eigenvalue weighted by Crippen LogP contribution is -2.34. The van der Waals surface area contributed by atoms with E-state index in [0.29, 0.717) is 5.75 Å². The number of carbonyl (C=O) groups excluding carboxylic acids is 1. The zero-order chi connectivity index (χ0) is 15.2. The van der Waals surface area contributed by atoms with Crippen molar-refractivity contribution < 1.29 is 9.53 Å². The smallest absolute Gasteiger partial charge is 0.280 e. The molecule has 0 radical (unpaired) electrons.